The van der Waals surface area contributed by atoms with Crippen LogP contribution in [-0.2, 0) is 20.9 Å². The van der Waals surface area contributed by atoms with Gasteiger partial charge in [0.1, 0.15) is 12.4 Å². The summed E-state index contributed by atoms with van der Waals surface area (Å²) in [6.07, 6.45) is 1.17. The van der Waals surface area contributed by atoms with Crippen molar-refractivity contribution in [1.82, 2.24) is 15.2 Å². The Hall–Kier alpha value is -2.63. The van der Waals surface area contributed by atoms with Crippen LogP contribution in [-0.4, -0.2) is 31.9 Å². The maximum atomic E-state index is 13.2. The summed E-state index contributed by atoms with van der Waals surface area (Å²) in [4.78, 5) is 3.98. The first-order valence-electron chi connectivity index (χ1n) is 11.1. The molecule has 34 heavy (non-hydrogen) atoms. The smallest absolute Gasteiger partial charge is 0.268 e. The Bertz CT molecular complexity index is 1220. The van der Waals surface area contributed by atoms with E-state index in [9.17, 15) is 12.8 Å². The van der Waals surface area contributed by atoms with Gasteiger partial charge in [0.05, 0.1) is 15.5 Å². The lowest BCUT2D eigenvalue weighted by Crippen LogP contribution is -2.47. The molecule has 2 N–H and O–H groups in total. The van der Waals surface area contributed by atoms with E-state index in [1.807, 2.05) is 0 Å². The average Bonchev–Trinajstić information content (AvgIpc) is 3.22. The van der Waals surface area contributed by atoms with E-state index < -0.39 is 24.0 Å². The second kappa shape index (κ2) is 9.93. The predicted molar refractivity (Wildman–Crippen MR) is 130 cm³/mol. The zero-order valence-corrected chi connectivity index (χ0v) is 22.1. The van der Waals surface area contributed by atoms with E-state index in [1.165, 1.54) is 24.4 Å². The fourth-order valence-electron chi connectivity index (χ4n) is 4.63. The minimum Gasteiger partial charge on any atom is -0.417 e. The summed E-state index contributed by atoms with van der Waals surface area (Å²) >= 11 is 0. The quantitative estimate of drug-likeness (QED) is 0.303. The molecule has 0 saturated carbocycles. The highest BCUT2D eigenvalue weighted by atomic mass is 32.2. The highest BCUT2D eigenvalue weighted by molar-refractivity contribution is 7.91. The zero-order chi connectivity index (χ0) is 25.3. The molecule has 11 heteroatoms. The highest BCUT2D eigenvalue weighted by Gasteiger charge is 2.45. The topological polar surface area (TPSA) is 121 Å². The Morgan fingerprint density at radius 2 is 1.59 bits per heavy atom. The van der Waals surface area contributed by atoms with Crippen LogP contribution in [0, 0.1) is 5.82 Å². The van der Waals surface area contributed by atoms with Gasteiger partial charge in [-0.05, 0) is 47.0 Å². The third kappa shape index (κ3) is 4.91. The molecule has 0 radical (unpaired) electrons. The van der Waals surface area contributed by atoms with Crippen molar-refractivity contribution in [2.45, 2.75) is 74.6 Å². The van der Waals surface area contributed by atoms with E-state index in [2.05, 4.69) is 56.7 Å². The number of hydrogen-bond donors (Lipinski definition) is 1. The summed E-state index contributed by atoms with van der Waals surface area (Å²) in [5.74, 6) is -0.149. The van der Waals surface area contributed by atoms with Crippen molar-refractivity contribution in [3.63, 3.8) is 0 Å². The summed E-state index contributed by atoms with van der Waals surface area (Å²) in [5, 5.41) is 8.10. The highest BCUT2D eigenvalue weighted by Crippen LogP contribution is 2.42. The molecule has 0 atom stereocenters. The average molecular weight is 507 g/mol. The van der Waals surface area contributed by atoms with Crippen LogP contribution < -0.4 is 5.73 Å². The number of sulfone groups is 1. The lowest BCUT2D eigenvalue weighted by molar-refractivity contribution is 0.232. The van der Waals surface area contributed by atoms with E-state index in [0.717, 1.165) is 12.1 Å². The number of benzene rings is 1. The lowest BCUT2D eigenvalue weighted by Gasteiger charge is -2.41. The molecule has 2 aromatic heterocycles. The Morgan fingerprint density at radius 3 is 2.12 bits per heavy atom. The first-order valence-corrected chi connectivity index (χ1v) is 14.7. The normalized spacial score (nSPS) is 12.8. The van der Waals surface area contributed by atoms with Crippen LogP contribution >= 0.6 is 0 Å². The van der Waals surface area contributed by atoms with Gasteiger partial charge < -0.3 is 14.6 Å². The van der Waals surface area contributed by atoms with Crippen molar-refractivity contribution in [3.05, 3.63) is 48.2 Å². The van der Waals surface area contributed by atoms with E-state index in [4.69, 9.17) is 14.6 Å². The van der Waals surface area contributed by atoms with Crippen molar-refractivity contribution < 1.29 is 21.7 Å². The molecule has 0 aliphatic heterocycles. The molecule has 0 fully saturated rings. The molecule has 0 aliphatic carbocycles. The summed E-state index contributed by atoms with van der Waals surface area (Å²) in [7, 11) is -6.03. The van der Waals surface area contributed by atoms with Gasteiger partial charge in [-0.15, -0.1) is 10.2 Å². The number of halogens is 1. The molecule has 0 amide bonds. The molecule has 184 valence electrons. The Labute approximate surface area is 200 Å². The van der Waals surface area contributed by atoms with E-state index >= 15 is 0 Å². The maximum absolute atomic E-state index is 13.2. The van der Waals surface area contributed by atoms with Crippen LogP contribution in [0.4, 0.5) is 10.1 Å². The van der Waals surface area contributed by atoms with Crippen molar-refractivity contribution in [2.24, 2.45) is 0 Å². The van der Waals surface area contributed by atoms with Crippen LogP contribution in [0.25, 0.3) is 11.6 Å². The molecule has 0 bridgehead atoms. The van der Waals surface area contributed by atoms with Crippen LogP contribution in [0.2, 0.25) is 16.6 Å². The molecule has 3 aromatic rings. The largest absolute Gasteiger partial charge is 0.417 e. The SMILES string of the molecule is CC(C)[Si](OCc1nnc(-c2ncc(S(=O)(=O)c3ccc(F)cc3)cc2N)o1)(C(C)C)C(C)C. The third-order valence-electron chi connectivity index (χ3n) is 6.15. The van der Waals surface area contributed by atoms with Crippen molar-refractivity contribution >= 4 is 23.8 Å². The number of aromatic nitrogens is 3. The number of hydrogen-bond acceptors (Lipinski definition) is 8. The second-order valence-corrected chi connectivity index (χ2v) is 16.6. The van der Waals surface area contributed by atoms with Gasteiger partial charge in [0, 0.05) is 6.20 Å². The molecule has 0 aliphatic rings. The Morgan fingerprint density at radius 1 is 1.00 bits per heavy atom. The Balaban J connectivity index is 1.84. The molecule has 0 saturated heterocycles. The van der Waals surface area contributed by atoms with Crippen LogP contribution in [0.1, 0.15) is 47.4 Å². The second-order valence-electron chi connectivity index (χ2n) is 9.17. The number of nitrogen functional groups attached to an aromatic ring is 1. The first kappa shape index (κ1) is 26.0. The monoisotopic (exact) mass is 506 g/mol. The summed E-state index contributed by atoms with van der Waals surface area (Å²) in [6.45, 7) is 13.3. The molecule has 2 heterocycles. The third-order valence-corrected chi connectivity index (χ3v) is 13.9. The van der Waals surface area contributed by atoms with Crippen LogP contribution in [0.5, 0.6) is 0 Å². The van der Waals surface area contributed by atoms with Gasteiger partial charge in [0.15, 0.2) is 5.69 Å². The number of anilines is 1. The van der Waals surface area contributed by atoms with Gasteiger partial charge in [-0.1, -0.05) is 41.5 Å². The molecule has 3 rings (SSSR count). The molecule has 8 nitrogen and oxygen atoms in total. The molecular formula is C23H31FN4O4SSi. The summed E-state index contributed by atoms with van der Waals surface area (Å²) in [5.41, 5.74) is 7.54. The number of pyridine rings is 1. The standard InChI is InChI=1S/C23H31FN4O4SSi/c1-14(2)34(15(3)4,16(5)6)31-13-21-27-28-23(32-21)22-20(25)11-19(12-26-22)33(29,30)18-9-7-17(24)8-10-18/h7-12,14-16H,13,25H2,1-6H3. The van der Waals surface area contributed by atoms with Crippen LogP contribution in [0.3, 0.4) is 0 Å². The summed E-state index contributed by atoms with van der Waals surface area (Å²) in [6, 6.07) is 5.81. The molecule has 0 spiro atoms. The number of nitrogens with two attached hydrogens (primary N) is 1. The van der Waals surface area contributed by atoms with Gasteiger partial charge in [-0.3, -0.25) is 0 Å². The summed E-state index contributed by atoms with van der Waals surface area (Å²) < 4.78 is 51.0. The molecule has 1 aromatic carbocycles. The molecule has 0 unspecified atom stereocenters. The fourth-order valence-corrected chi connectivity index (χ4v) is 11.2. The number of nitrogens with zero attached hydrogens (tertiary/aromatic N) is 3. The van der Waals surface area contributed by atoms with Gasteiger partial charge in [-0.25, -0.2) is 17.8 Å². The van der Waals surface area contributed by atoms with Gasteiger partial charge >= 0.3 is 0 Å². The van der Waals surface area contributed by atoms with Gasteiger partial charge in [0.25, 0.3) is 5.89 Å². The van der Waals surface area contributed by atoms with E-state index in [-0.39, 0.29) is 33.7 Å². The van der Waals surface area contributed by atoms with Gasteiger partial charge in [0.2, 0.25) is 24.0 Å². The first-order chi connectivity index (χ1) is 15.9. The maximum Gasteiger partial charge on any atom is 0.268 e. The zero-order valence-electron chi connectivity index (χ0n) is 20.2. The fraction of sp³-hybridized carbons (Fsp3) is 0.435. The minimum atomic E-state index is -3.91. The lowest BCUT2D eigenvalue weighted by atomic mass is 10.3. The van der Waals surface area contributed by atoms with Crippen molar-refractivity contribution in [2.75, 3.05) is 5.73 Å². The van der Waals surface area contributed by atoms with E-state index in [1.54, 1.807) is 0 Å². The van der Waals surface area contributed by atoms with E-state index in [0.29, 0.717) is 22.5 Å². The predicted octanol–water partition coefficient (Wildman–Crippen LogP) is 5.38. The van der Waals surface area contributed by atoms with Gasteiger partial charge in [-0.2, -0.15) is 0 Å². The van der Waals surface area contributed by atoms with Crippen molar-refractivity contribution in [3.8, 4) is 11.6 Å². The van der Waals surface area contributed by atoms with Crippen molar-refractivity contribution in [1.29, 1.82) is 0 Å². The Kier molecular flexibility index (Phi) is 7.58. The number of rotatable bonds is 9. The minimum absolute atomic E-state index is 0.0619. The molecular weight excluding hydrogens is 475 g/mol. The van der Waals surface area contributed by atoms with Crippen LogP contribution in [0.15, 0.2) is 50.7 Å².